The second-order valence-electron chi connectivity index (χ2n) is 5.18. The molecule has 1 amide bonds. The molecule has 0 spiro atoms. The monoisotopic (exact) mass is 246 g/mol. The average molecular weight is 247 g/mol. The van der Waals surface area contributed by atoms with Crippen LogP contribution in [0.5, 0.6) is 0 Å². The number of rotatable bonds is 5. The highest BCUT2D eigenvalue weighted by Crippen LogP contribution is 2.16. The number of hydrogen-bond acceptors (Lipinski definition) is 2. The molecule has 1 N–H and O–H groups in total. The first-order valence-corrected chi connectivity index (χ1v) is 6.66. The van der Waals surface area contributed by atoms with Crippen molar-refractivity contribution >= 4 is 17.5 Å². The van der Waals surface area contributed by atoms with E-state index in [1.807, 2.05) is 13.8 Å². The van der Waals surface area contributed by atoms with E-state index in [-0.39, 0.29) is 5.91 Å². The van der Waals surface area contributed by atoms with Crippen molar-refractivity contribution in [3.05, 3.63) is 0 Å². The molecule has 0 aromatic carbocycles. The molecule has 0 atom stereocenters. The van der Waals surface area contributed by atoms with Crippen LogP contribution in [0.4, 0.5) is 0 Å². The van der Waals surface area contributed by atoms with Crippen LogP contribution in [-0.2, 0) is 4.79 Å². The van der Waals surface area contributed by atoms with Gasteiger partial charge in [-0.1, -0.05) is 6.42 Å². The van der Waals surface area contributed by atoms with Crippen molar-refractivity contribution in [2.24, 2.45) is 5.41 Å². The summed E-state index contributed by atoms with van der Waals surface area (Å²) >= 11 is 5.74. The van der Waals surface area contributed by atoms with Crippen LogP contribution in [0, 0.1) is 5.41 Å². The Kier molecular flexibility index (Phi) is 5.56. The molecule has 1 heterocycles. The highest BCUT2D eigenvalue weighted by Gasteiger charge is 2.25. The van der Waals surface area contributed by atoms with E-state index in [4.69, 9.17) is 11.6 Å². The van der Waals surface area contributed by atoms with Crippen molar-refractivity contribution in [2.75, 3.05) is 32.1 Å². The molecule has 1 saturated heterocycles. The molecule has 16 heavy (non-hydrogen) atoms. The molecule has 1 aliphatic heterocycles. The van der Waals surface area contributed by atoms with Gasteiger partial charge in [0.25, 0.3) is 0 Å². The van der Waals surface area contributed by atoms with Crippen molar-refractivity contribution in [3.63, 3.8) is 0 Å². The standard InChI is InChI=1S/C12H23ClN2O/c1-12(2,10-13)11(16)14-6-9-15-7-4-3-5-8-15/h3-10H2,1-2H3,(H,14,16). The number of nitrogens with zero attached hydrogens (tertiary/aromatic N) is 1. The van der Waals surface area contributed by atoms with Crippen LogP contribution in [0.25, 0.3) is 0 Å². The second-order valence-corrected chi connectivity index (χ2v) is 5.44. The molecule has 1 fully saturated rings. The van der Waals surface area contributed by atoms with Crippen LogP contribution in [0.3, 0.4) is 0 Å². The molecular formula is C12H23ClN2O. The number of piperidine rings is 1. The zero-order chi connectivity index (χ0) is 12.0. The Balaban J connectivity index is 2.17. The van der Waals surface area contributed by atoms with Gasteiger partial charge in [-0.05, 0) is 39.8 Å². The summed E-state index contributed by atoms with van der Waals surface area (Å²) < 4.78 is 0. The van der Waals surface area contributed by atoms with E-state index in [0.717, 1.165) is 13.1 Å². The van der Waals surface area contributed by atoms with E-state index in [9.17, 15) is 4.79 Å². The van der Waals surface area contributed by atoms with Gasteiger partial charge in [0, 0.05) is 19.0 Å². The highest BCUT2D eigenvalue weighted by molar-refractivity contribution is 6.19. The van der Waals surface area contributed by atoms with E-state index in [1.54, 1.807) is 0 Å². The van der Waals surface area contributed by atoms with Gasteiger partial charge in [-0.15, -0.1) is 11.6 Å². The number of halogens is 1. The second kappa shape index (κ2) is 6.45. The topological polar surface area (TPSA) is 32.3 Å². The smallest absolute Gasteiger partial charge is 0.226 e. The molecular weight excluding hydrogens is 224 g/mol. The lowest BCUT2D eigenvalue weighted by atomic mass is 9.95. The van der Waals surface area contributed by atoms with Gasteiger partial charge < -0.3 is 10.2 Å². The van der Waals surface area contributed by atoms with Crippen molar-refractivity contribution in [2.45, 2.75) is 33.1 Å². The molecule has 4 heteroatoms. The van der Waals surface area contributed by atoms with Crippen LogP contribution in [0.2, 0.25) is 0 Å². The summed E-state index contributed by atoms with van der Waals surface area (Å²) in [7, 11) is 0. The fourth-order valence-electron chi connectivity index (χ4n) is 1.81. The van der Waals surface area contributed by atoms with Gasteiger partial charge in [0.1, 0.15) is 0 Å². The van der Waals surface area contributed by atoms with Gasteiger partial charge in [-0.25, -0.2) is 0 Å². The zero-order valence-corrected chi connectivity index (χ0v) is 11.1. The molecule has 3 nitrogen and oxygen atoms in total. The van der Waals surface area contributed by atoms with Crippen molar-refractivity contribution in [1.82, 2.24) is 10.2 Å². The van der Waals surface area contributed by atoms with Crippen LogP contribution >= 0.6 is 11.6 Å². The maximum absolute atomic E-state index is 11.7. The van der Waals surface area contributed by atoms with Crippen LogP contribution < -0.4 is 5.32 Å². The first-order chi connectivity index (χ1) is 7.56. The minimum atomic E-state index is -0.455. The molecule has 0 unspecified atom stereocenters. The summed E-state index contributed by atoms with van der Waals surface area (Å²) in [6.45, 7) is 7.79. The van der Waals surface area contributed by atoms with Crippen LogP contribution in [0.1, 0.15) is 33.1 Å². The molecule has 0 aromatic rings. The van der Waals surface area contributed by atoms with Gasteiger partial charge in [0.05, 0.1) is 5.41 Å². The largest absolute Gasteiger partial charge is 0.354 e. The van der Waals surface area contributed by atoms with Crippen LogP contribution in [-0.4, -0.2) is 42.9 Å². The number of carbonyl (C=O) groups excluding carboxylic acids is 1. The highest BCUT2D eigenvalue weighted by atomic mass is 35.5. The Morgan fingerprint density at radius 1 is 1.31 bits per heavy atom. The number of amides is 1. The van der Waals surface area contributed by atoms with Crippen molar-refractivity contribution in [3.8, 4) is 0 Å². The zero-order valence-electron chi connectivity index (χ0n) is 10.4. The number of carbonyl (C=O) groups is 1. The van der Waals surface area contributed by atoms with E-state index >= 15 is 0 Å². The first-order valence-electron chi connectivity index (χ1n) is 6.13. The number of nitrogens with one attached hydrogen (secondary N) is 1. The SMILES string of the molecule is CC(C)(CCl)C(=O)NCCN1CCCCC1. The first kappa shape index (κ1) is 13.8. The molecule has 0 bridgehead atoms. The Labute approximate surface area is 104 Å². The number of alkyl halides is 1. The van der Waals surface area contributed by atoms with Gasteiger partial charge in [-0.2, -0.15) is 0 Å². The minimum absolute atomic E-state index is 0.0551. The van der Waals surface area contributed by atoms with Gasteiger partial charge in [0.15, 0.2) is 0 Å². The molecule has 1 aliphatic rings. The van der Waals surface area contributed by atoms with E-state index < -0.39 is 5.41 Å². The van der Waals surface area contributed by atoms with E-state index in [1.165, 1.54) is 32.4 Å². The third-order valence-corrected chi connectivity index (χ3v) is 3.78. The fourth-order valence-corrected chi connectivity index (χ4v) is 1.93. The van der Waals surface area contributed by atoms with Crippen molar-refractivity contribution < 1.29 is 4.79 Å². The lowest BCUT2D eigenvalue weighted by Crippen LogP contribution is -2.43. The lowest BCUT2D eigenvalue weighted by molar-refractivity contribution is -0.128. The third kappa shape index (κ3) is 4.30. The summed E-state index contributed by atoms with van der Waals surface area (Å²) in [5, 5.41) is 2.96. The summed E-state index contributed by atoms with van der Waals surface area (Å²) in [5.41, 5.74) is -0.455. The molecule has 1 rings (SSSR count). The fraction of sp³-hybridized carbons (Fsp3) is 0.917. The normalized spacial score (nSPS) is 18.4. The molecule has 94 valence electrons. The van der Waals surface area contributed by atoms with E-state index in [0.29, 0.717) is 5.88 Å². The summed E-state index contributed by atoms with van der Waals surface area (Å²) in [6, 6.07) is 0. The van der Waals surface area contributed by atoms with Gasteiger partial charge >= 0.3 is 0 Å². The average Bonchev–Trinajstić information content (AvgIpc) is 2.30. The Morgan fingerprint density at radius 3 is 2.50 bits per heavy atom. The lowest BCUT2D eigenvalue weighted by Gasteiger charge is -2.27. The molecule has 0 saturated carbocycles. The summed E-state index contributed by atoms with van der Waals surface area (Å²) in [4.78, 5) is 14.1. The Bertz CT molecular complexity index is 225. The number of hydrogen-bond donors (Lipinski definition) is 1. The maximum atomic E-state index is 11.7. The quantitative estimate of drug-likeness (QED) is 0.751. The van der Waals surface area contributed by atoms with E-state index in [2.05, 4.69) is 10.2 Å². The molecule has 0 radical (unpaired) electrons. The summed E-state index contributed by atoms with van der Waals surface area (Å²) in [6.07, 6.45) is 3.93. The third-order valence-electron chi connectivity index (χ3n) is 3.11. The maximum Gasteiger partial charge on any atom is 0.226 e. The van der Waals surface area contributed by atoms with Gasteiger partial charge in [-0.3, -0.25) is 4.79 Å². The molecule has 0 aliphatic carbocycles. The predicted octanol–water partition coefficient (Wildman–Crippen LogP) is 1.85. The predicted molar refractivity (Wildman–Crippen MR) is 67.8 cm³/mol. The van der Waals surface area contributed by atoms with Gasteiger partial charge in [0.2, 0.25) is 5.91 Å². The Morgan fingerprint density at radius 2 is 1.94 bits per heavy atom. The van der Waals surface area contributed by atoms with Crippen LogP contribution in [0.15, 0.2) is 0 Å². The number of likely N-dealkylation sites (tertiary alicyclic amines) is 1. The summed E-state index contributed by atoms with van der Waals surface area (Å²) in [5.74, 6) is 0.419. The minimum Gasteiger partial charge on any atom is -0.354 e. The van der Waals surface area contributed by atoms with Crippen molar-refractivity contribution in [1.29, 1.82) is 0 Å². The molecule has 0 aromatic heterocycles. The Hall–Kier alpha value is -0.280.